The molecule has 1 aromatic heterocycles. The van der Waals surface area contributed by atoms with Crippen molar-refractivity contribution in [2.45, 2.75) is 31.4 Å². The van der Waals surface area contributed by atoms with E-state index < -0.39 is 23.5 Å². The lowest BCUT2D eigenvalue weighted by atomic mass is 9.93. The van der Waals surface area contributed by atoms with Gasteiger partial charge in [0, 0.05) is 61.6 Å². The fraction of sp³-hybridized carbons (Fsp3) is 0.375. The third kappa shape index (κ3) is 6.05. The van der Waals surface area contributed by atoms with Gasteiger partial charge in [0.2, 0.25) is 0 Å². The zero-order chi connectivity index (χ0) is 31.2. The average Bonchev–Trinajstić information content (AvgIpc) is 3.38. The molecule has 6 nitrogen and oxygen atoms in total. The van der Waals surface area contributed by atoms with Crippen LogP contribution in [0.3, 0.4) is 0 Å². The van der Waals surface area contributed by atoms with E-state index in [9.17, 15) is 26.3 Å². The van der Waals surface area contributed by atoms with Gasteiger partial charge in [0.25, 0.3) is 0 Å². The number of anilines is 1. The Labute approximate surface area is 250 Å². The van der Waals surface area contributed by atoms with Crippen molar-refractivity contribution in [3.05, 3.63) is 88.1 Å². The minimum Gasteiger partial charge on any atom is -0.497 e. The molecule has 0 bridgehead atoms. The molecule has 0 radical (unpaired) electrons. The number of hydrogen-bond acceptors (Lipinski definition) is 5. The van der Waals surface area contributed by atoms with Crippen LogP contribution in [-0.2, 0) is 25.3 Å². The summed E-state index contributed by atoms with van der Waals surface area (Å²) in [6.07, 6.45) is -8.89. The molecule has 4 aromatic rings. The average molecular weight is 619 g/mol. The van der Waals surface area contributed by atoms with Crippen LogP contribution in [0, 0.1) is 0 Å². The normalized spacial score (nSPS) is 18.0. The predicted octanol–water partition coefficient (Wildman–Crippen LogP) is 6.78. The molecule has 0 amide bonds. The smallest absolute Gasteiger partial charge is 0.416 e. The summed E-state index contributed by atoms with van der Waals surface area (Å²) in [7, 11) is 3.26. The monoisotopic (exact) mass is 618 g/mol. The molecule has 2 aliphatic heterocycles. The van der Waals surface area contributed by atoms with E-state index in [-0.39, 0.29) is 17.8 Å². The van der Waals surface area contributed by atoms with Crippen LogP contribution in [0.4, 0.5) is 32.0 Å². The second kappa shape index (κ2) is 11.6. The molecule has 12 heteroatoms. The van der Waals surface area contributed by atoms with E-state index >= 15 is 0 Å². The van der Waals surface area contributed by atoms with Crippen molar-refractivity contribution in [1.29, 1.82) is 0 Å². The third-order valence-electron chi connectivity index (χ3n) is 8.43. The summed E-state index contributed by atoms with van der Waals surface area (Å²) in [6, 6.07) is 13.7. The van der Waals surface area contributed by atoms with E-state index in [1.165, 1.54) is 5.56 Å². The summed E-state index contributed by atoms with van der Waals surface area (Å²) in [5.41, 5.74) is 2.71. The van der Waals surface area contributed by atoms with Crippen LogP contribution in [0.15, 0.2) is 54.6 Å². The Kier molecular flexibility index (Phi) is 7.91. The highest BCUT2D eigenvalue weighted by Gasteiger charge is 2.37. The first-order chi connectivity index (χ1) is 20.9. The second-order valence-electron chi connectivity index (χ2n) is 11.2. The fourth-order valence-electron chi connectivity index (χ4n) is 6.22. The van der Waals surface area contributed by atoms with E-state index in [1.54, 1.807) is 19.1 Å². The van der Waals surface area contributed by atoms with Gasteiger partial charge >= 0.3 is 12.4 Å². The maximum Gasteiger partial charge on any atom is 0.416 e. The second-order valence-corrected chi connectivity index (χ2v) is 11.2. The molecule has 2 aliphatic rings. The standard InChI is InChI=1S/C32H32F6N4O2/c1-43-24-3-4-28-27(17-24)26-5-6-39-29(30(26)40-28)20-11-19(12-25(13-20)44-2)18-41-7-9-42(10-8-41)23-15-21(31(33,34)35)14-22(16-23)32(36,37)38/h3-4,11-17,29,39-40H,5-10,18H2,1-2H3. The van der Waals surface area contributed by atoms with Crippen LogP contribution in [0.1, 0.15) is 39.6 Å². The molecule has 1 fully saturated rings. The van der Waals surface area contributed by atoms with Crippen molar-refractivity contribution in [1.82, 2.24) is 15.2 Å². The zero-order valence-corrected chi connectivity index (χ0v) is 24.2. The molecule has 1 unspecified atom stereocenters. The summed E-state index contributed by atoms with van der Waals surface area (Å²) in [6.45, 7) is 2.88. The highest BCUT2D eigenvalue weighted by Crippen LogP contribution is 2.39. The van der Waals surface area contributed by atoms with Gasteiger partial charge in [-0.3, -0.25) is 4.90 Å². The summed E-state index contributed by atoms with van der Waals surface area (Å²) < 4.78 is 91.4. The minimum absolute atomic E-state index is 0.0781. The Morgan fingerprint density at radius 2 is 1.48 bits per heavy atom. The van der Waals surface area contributed by atoms with Crippen molar-refractivity contribution >= 4 is 16.6 Å². The molecule has 3 aromatic carbocycles. The van der Waals surface area contributed by atoms with Gasteiger partial charge in [-0.1, -0.05) is 6.07 Å². The van der Waals surface area contributed by atoms with E-state index in [1.807, 2.05) is 30.3 Å². The van der Waals surface area contributed by atoms with E-state index in [0.717, 1.165) is 58.6 Å². The first-order valence-corrected chi connectivity index (χ1v) is 14.3. The molecule has 44 heavy (non-hydrogen) atoms. The minimum atomic E-state index is -4.88. The van der Waals surface area contributed by atoms with Gasteiger partial charge < -0.3 is 24.7 Å². The lowest BCUT2D eigenvalue weighted by Gasteiger charge is -2.36. The Hall–Kier alpha value is -3.90. The number of methoxy groups -OCH3 is 2. The predicted molar refractivity (Wildman–Crippen MR) is 155 cm³/mol. The number of nitrogens with one attached hydrogen (secondary N) is 2. The molecule has 0 spiro atoms. The van der Waals surface area contributed by atoms with Crippen LogP contribution in [0.25, 0.3) is 10.9 Å². The lowest BCUT2D eigenvalue weighted by Crippen LogP contribution is -2.46. The first kappa shape index (κ1) is 30.1. The van der Waals surface area contributed by atoms with Crippen LogP contribution in [0.2, 0.25) is 0 Å². The highest BCUT2D eigenvalue weighted by atomic mass is 19.4. The number of H-pyrrole nitrogens is 1. The van der Waals surface area contributed by atoms with E-state index in [0.29, 0.717) is 38.5 Å². The molecule has 2 N–H and O–H groups in total. The fourth-order valence-corrected chi connectivity index (χ4v) is 6.22. The van der Waals surface area contributed by atoms with Gasteiger partial charge in [-0.15, -0.1) is 0 Å². The zero-order valence-electron chi connectivity index (χ0n) is 24.2. The van der Waals surface area contributed by atoms with E-state index in [2.05, 4.69) is 21.3 Å². The molecule has 234 valence electrons. The van der Waals surface area contributed by atoms with Gasteiger partial charge in [0.15, 0.2) is 0 Å². The van der Waals surface area contributed by atoms with Crippen LogP contribution >= 0.6 is 0 Å². The van der Waals surface area contributed by atoms with Crippen LogP contribution < -0.4 is 19.7 Å². The number of aromatic nitrogens is 1. The van der Waals surface area contributed by atoms with E-state index in [4.69, 9.17) is 9.47 Å². The van der Waals surface area contributed by atoms with Crippen molar-refractivity contribution in [2.75, 3.05) is 51.8 Å². The topological polar surface area (TPSA) is 52.8 Å². The highest BCUT2D eigenvalue weighted by molar-refractivity contribution is 5.86. The number of halogens is 6. The number of piperazine rings is 1. The van der Waals surface area contributed by atoms with Gasteiger partial charge in [0.1, 0.15) is 11.5 Å². The Balaban J connectivity index is 1.21. The number of ether oxygens (including phenoxy) is 2. The van der Waals surface area contributed by atoms with Crippen molar-refractivity contribution in [2.24, 2.45) is 0 Å². The van der Waals surface area contributed by atoms with Gasteiger partial charge in [0.05, 0.1) is 31.4 Å². The number of benzene rings is 3. The molecular formula is C32H32F6N4O2. The maximum absolute atomic E-state index is 13.4. The third-order valence-corrected chi connectivity index (χ3v) is 8.43. The maximum atomic E-state index is 13.4. The molecule has 1 atom stereocenters. The molecule has 1 saturated heterocycles. The summed E-state index contributed by atoms with van der Waals surface area (Å²) in [5.74, 6) is 1.50. The summed E-state index contributed by atoms with van der Waals surface area (Å²) >= 11 is 0. The molecule has 6 rings (SSSR count). The summed E-state index contributed by atoms with van der Waals surface area (Å²) in [5, 5.41) is 4.75. The Bertz CT molecular complexity index is 1620. The largest absolute Gasteiger partial charge is 0.497 e. The quantitative estimate of drug-likeness (QED) is 0.234. The molecule has 3 heterocycles. The van der Waals surface area contributed by atoms with Crippen molar-refractivity contribution in [3.63, 3.8) is 0 Å². The van der Waals surface area contributed by atoms with Gasteiger partial charge in [-0.25, -0.2) is 0 Å². The summed E-state index contributed by atoms with van der Waals surface area (Å²) in [4.78, 5) is 7.31. The van der Waals surface area contributed by atoms with Crippen molar-refractivity contribution < 1.29 is 35.8 Å². The molecule has 0 aliphatic carbocycles. The number of hydrogen-bond donors (Lipinski definition) is 2. The van der Waals surface area contributed by atoms with Gasteiger partial charge in [-0.05, 0) is 71.6 Å². The lowest BCUT2D eigenvalue weighted by molar-refractivity contribution is -0.143. The number of rotatable bonds is 6. The Morgan fingerprint density at radius 3 is 2.11 bits per heavy atom. The SMILES string of the molecule is COc1cc(CN2CCN(c3cc(C(F)(F)F)cc(C(F)(F)F)c3)CC2)cc(C2NCCc3c2[nH]c2ccc(OC)cc32)c1. The molecular weight excluding hydrogens is 586 g/mol. The van der Waals surface area contributed by atoms with Gasteiger partial charge in [-0.2, -0.15) is 26.3 Å². The Morgan fingerprint density at radius 1 is 0.795 bits per heavy atom. The van der Waals surface area contributed by atoms with Crippen LogP contribution in [0.5, 0.6) is 11.5 Å². The molecule has 0 saturated carbocycles. The number of alkyl halides is 6. The number of nitrogens with zero attached hydrogens (tertiary/aromatic N) is 2. The number of fused-ring (bicyclic) bond motifs is 3. The van der Waals surface area contributed by atoms with Crippen LogP contribution in [-0.4, -0.2) is 56.8 Å². The first-order valence-electron chi connectivity index (χ1n) is 14.3. The van der Waals surface area contributed by atoms with Crippen molar-refractivity contribution in [3.8, 4) is 11.5 Å². The number of aromatic amines is 1.